The molecule has 2 heterocycles. The average molecular weight is 358 g/mol. The predicted molar refractivity (Wildman–Crippen MR) is 97.0 cm³/mol. The van der Waals surface area contributed by atoms with Gasteiger partial charge >= 0.3 is 0 Å². The summed E-state index contributed by atoms with van der Waals surface area (Å²) in [6.07, 6.45) is 1.09. The number of anilines is 1. The first-order valence-corrected chi connectivity index (χ1v) is 9.28. The van der Waals surface area contributed by atoms with E-state index in [1.54, 1.807) is 4.90 Å². The molecule has 0 bridgehead atoms. The molecule has 1 saturated heterocycles. The second-order valence-corrected chi connectivity index (χ2v) is 7.81. The number of amides is 2. The van der Waals surface area contributed by atoms with Crippen molar-refractivity contribution < 1.29 is 9.59 Å². The molecule has 0 radical (unpaired) electrons. The largest absolute Gasteiger partial charge is 0.338 e. The van der Waals surface area contributed by atoms with E-state index in [4.69, 9.17) is 0 Å². The van der Waals surface area contributed by atoms with Gasteiger partial charge in [-0.1, -0.05) is 55.5 Å². The highest BCUT2D eigenvalue weighted by Crippen LogP contribution is 2.23. The summed E-state index contributed by atoms with van der Waals surface area (Å²) in [5.74, 6) is 0.0158. The van der Waals surface area contributed by atoms with E-state index >= 15 is 0 Å². The highest BCUT2D eigenvalue weighted by molar-refractivity contribution is 7.15. The van der Waals surface area contributed by atoms with Crippen LogP contribution in [-0.4, -0.2) is 33.5 Å². The van der Waals surface area contributed by atoms with Crippen LogP contribution in [0.25, 0.3) is 0 Å². The Morgan fingerprint density at radius 3 is 2.80 bits per heavy atom. The van der Waals surface area contributed by atoms with Gasteiger partial charge in [0.1, 0.15) is 5.01 Å². The number of rotatable bonds is 6. The van der Waals surface area contributed by atoms with E-state index in [1.807, 2.05) is 30.3 Å². The third-order valence-corrected chi connectivity index (χ3v) is 4.94. The highest BCUT2D eigenvalue weighted by Gasteiger charge is 2.34. The van der Waals surface area contributed by atoms with Gasteiger partial charge in [0.05, 0.1) is 5.92 Å². The first-order valence-electron chi connectivity index (χ1n) is 8.46. The van der Waals surface area contributed by atoms with Crippen molar-refractivity contribution >= 4 is 28.3 Å². The molecule has 1 N–H and O–H groups in total. The van der Waals surface area contributed by atoms with E-state index in [0.29, 0.717) is 24.1 Å². The van der Waals surface area contributed by atoms with Crippen molar-refractivity contribution in [1.82, 2.24) is 15.1 Å². The molecule has 0 saturated carbocycles. The Labute approximate surface area is 151 Å². The molecule has 132 valence electrons. The van der Waals surface area contributed by atoms with Gasteiger partial charge in [0, 0.05) is 25.9 Å². The minimum Gasteiger partial charge on any atom is -0.338 e. The molecule has 0 unspecified atom stereocenters. The van der Waals surface area contributed by atoms with Gasteiger partial charge in [-0.3, -0.25) is 9.59 Å². The van der Waals surface area contributed by atoms with E-state index in [0.717, 1.165) is 17.0 Å². The van der Waals surface area contributed by atoms with Gasteiger partial charge in [0.25, 0.3) is 0 Å². The van der Waals surface area contributed by atoms with E-state index < -0.39 is 0 Å². The number of hydrogen-bond donors (Lipinski definition) is 1. The molecule has 2 aromatic rings. The third kappa shape index (κ3) is 4.63. The number of nitrogens with one attached hydrogen (secondary N) is 1. The standard InChI is InChI=1S/C18H22N4O2S/c1-12(2)8-15-20-21-18(25-15)19-17(24)14-9-16(23)22(11-14)10-13-6-4-3-5-7-13/h3-7,12,14H,8-11H2,1-2H3,(H,19,21,24)/t14-/m1/s1. The molecular formula is C18H22N4O2S. The summed E-state index contributed by atoms with van der Waals surface area (Å²) in [6, 6.07) is 9.81. The lowest BCUT2D eigenvalue weighted by Crippen LogP contribution is -2.28. The van der Waals surface area contributed by atoms with Gasteiger partial charge in [0.2, 0.25) is 16.9 Å². The summed E-state index contributed by atoms with van der Waals surface area (Å²) in [5, 5.41) is 12.4. The Bertz CT molecular complexity index is 745. The number of nitrogens with zero attached hydrogens (tertiary/aromatic N) is 3. The molecule has 1 aliphatic heterocycles. The topological polar surface area (TPSA) is 75.2 Å². The molecule has 1 atom stereocenters. The first-order chi connectivity index (χ1) is 12.0. The second kappa shape index (κ2) is 7.74. The van der Waals surface area contributed by atoms with Crippen molar-refractivity contribution in [2.24, 2.45) is 11.8 Å². The third-order valence-electron chi connectivity index (χ3n) is 4.08. The Kier molecular flexibility index (Phi) is 5.43. The Morgan fingerprint density at radius 2 is 2.08 bits per heavy atom. The van der Waals surface area contributed by atoms with Gasteiger partial charge in [-0.05, 0) is 11.5 Å². The predicted octanol–water partition coefficient (Wildman–Crippen LogP) is 2.72. The molecule has 25 heavy (non-hydrogen) atoms. The quantitative estimate of drug-likeness (QED) is 0.861. The van der Waals surface area contributed by atoms with Gasteiger partial charge < -0.3 is 10.2 Å². The molecule has 3 rings (SSSR count). The van der Waals surface area contributed by atoms with Crippen molar-refractivity contribution in [3.05, 3.63) is 40.9 Å². The van der Waals surface area contributed by atoms with Gasteiger partial charge in [-0.25, -0.2) is 0 Å². The molecule has 2 amide bonds. The Morgan fingerprint density at radius 1 is 1.32 bits per heavy atom. The van der Waals surface area contributed by atoms with Crippen LogP contribution in [0.5, 0.6) is 0 Å². The fraction of sp³-hybridized carbons (Fsp3) is 0.444. The maximum atomic E-state index is 12.4. The molecule has 1 fully saturated rings. The van der Waals surface area contributed by atoms with Crippen molar-refractivity contribution in [3.63, 3.8) is 0 Å². The fourth-order valence-corrected chi connectivity index (χ4v) is 3.80. The molecule has 0 spiro atoms. The average Bonchev–Trinajstić information content (AvgIpc) is 3.15. The zero-order chi connectivity index (χ0) is 17.8. The summed E-state index contributed by atoms with van der Waals surface area (Å²) in [6.45, 7) is 5.22. The van der Waals surface area contributed by atoms with Gasteiger partial charge in [-0.2, -0.15) is 0 Å². The molecule has 7 heteroatoms. The van der Waals surface area contributed by atoms with Crippen LogP contribution >= 0.6 is 11.3 Å². The van der Waals surface area contributed by atoms with Crippen molar-refractivity contribution in [2.45, 2.75) is 33.2 Å². The number of carbonyl (C=O) groups excluding carboxylic acids is 2. The highest BCUT2D eigenvalue weighted by atomic mass is 32.1. The molecular weight excluding hydrogens is 336 g/mol. The summed E-state index contributed by atoms with van der Waals surface area (Å²) in [7, 11) is 0. The fourth-order valence-electron chi connectivity index (χ4n) is 2.85. The number of carbonyl (C=O) groups is 2. The lowest BCUT2D eigenvalue weighted by Gasteiger charge is -2.16. The summed E-state index contributed by atoms with van der Waals surface area (Å²) in [5.41, 5.74) is 1.07. The zero-order valence-electron chi connectivity index (χ0n) is 14.4. The summed E-state index contributed by atoms with van der Waals surface area (Å²) >= 11 is 1.40. The van der Waals surface area contributed by atoms with E-state index in [1.165, 1.54) is 11.3 Å². The van der Waals surface area contributed by atoms with Crippen LogP contribution in [0.4, 0.5) is 5.13 Å². The molecule has 6 nitrogen and oxygen atoms in total. The molecule has 1 aliphatic rings. The van der Waals surface area contributed by atoms with Crippen LogP contribution in [0.1, 0.15) is 30.8 Å². The van der Waals surface area contributed by atoms with Crippen LogP contribution in [0, 0.1) is 11.8 Å². The Hall–Kier alpha value is -2.28. The molecule has 1 aromatic heterocycles. The maximum Gasteiger partial charge on any atom is 0.231 e. The first kappa shape index (κ1) is 17.5. The SMILES string of the molecule is CC(C)Cc1nnc(NC(=O)[C@@H]2CC(=O)N(Cc3ccccc3)C2)s1. The van der Waals surface area contributed by atoms with Crippen LogP contribution < -0.4 is 5.32 Å². The van der Waals surface area contributed by atoms with Crippen molar-refractivity contribution in [1.29, 1.82) is 0 Å². The maximum absolute atomic E-state index is 12.4. The lowest BCUT2D eigenvalue weighted by atomic mass is 10.1. The second-order valence-electron chi connectivity index (χ2n) is 6.75. The van der Waals surface area contributed by atoms with Gasteiger partial charge in [-0.15, -0.1) is 10.2 Å². The van der Waals surface area contributed by atoms with Crippen LogP contribution in [0.2, 0.25) is 0 Å². The zero-order valence-corrected chi connectivity index (χ0v) is 15.3. The monoisotopic (exact) mass is 358 g/mol. The molecule has 1 aromatic carbocycles. The van der Waals surface area contributed by atoms with Crippen LogP contribution in [0.3, 0.4) is 0 Å². The summed E-state index contributed by atoms with van der Waals surface area (Å²) in [4.78, 5) is 26.4. The van der Waals surface area contributed by atoms with Crippen LogP contribution in [-0.2, 0) is 22.6 Å². The van der Waals surface area contributed by atoms with E-state index in [-0.39, 0.29) is 24.2 Å². The van der Waals surface area contributed by atoms with E-state index in [9.17, 15) is 9.59 Å². The molecule has 0 aliphatic carbocycles. The van der Waals surface area contributed by atoms with Crippen molar-refractivity contribution in [3.8, 4) is 0 Å². The number of hydrogen-bond acceptors (Lipinski definition) is 5. The Balaban J connectivity index is 1.56. The minimum absolute atomic E-state index is 0.0155. The number of aromatic nitrogens is 2. The van der Waals surface area contributed by atoms with E-state index in [2.05, 4.69) is 29.4 Å². The lowest BCUT2D eigenvalue weighted by molar-refractivity contribution is -0.128. The normalized spacial score (nSPS) is 17.3. The van der Waals surface area contributed by atoms with Crippen LogP contribution in [0.15, 0.2) is 30.3 Å². The summed E-state index contributed by atoms with van der Waals surface area (Å²) < 4.78 is 0. The van der Waals surface area contributed by atoms with Crippen molar-refractivity contribution in [2.75, 3.05) is 11.9 Å². The minimum atomic E-state index is -0.339. The smallest absolute Gasteiger partial charge is 0.231 e. The number of likely N-dealkylation sites (tertiary alicyclic amines) is 1. The number of benzene rings is 1. The van der Waals surface area contributed by atoms with Gasteiger partial charge in [0.15, 0.2) is 0 Å².